The molecule has 1 saturated carbocycles. The Balaban J connectivity index is 2.10. The van der Waals surface area contributed by atoms with Crippen molar-refractivity contribution in [2.75, 3.05) is 0 Å². The predicted octanol–water partition coefficient (Wildman–Crippen LogP) is 1.75. The molecule has 1 amide bonds. The zero-order valence-electron chi connectivity index (χ0n) is 13.4. The Hall–Kier alpha value is -1.88. The third-order valence-corrected chi connectivity index (χ3v) is 3.99. The van der Waals surface area contributed by atoms with Gasteiger partial charge in [0.1, 0.15) is 6.61 Å². The first-order valence-electron chi connectivity index (χ1n) is 7.56. The second-order valence-electron chi connectivity index (χ2n) is 6.87. The van der Waals surface area contributed by atoms with Crippen LogP contribution in [0.25, 0.3) is 0 Å². The predicted molar refractivity (Wildman–Crippen MR) is 83.8 cm³/mol. The Kier molecular flexibility index (Phi) is 4.56. The number of amides is 1. The minimum atomic E-state index is -1.70. The Labute approximate surface area is 131 Å². The molecular formula is C17H24N2O3. The first kappa shape index (κ1) is 16.5. The van der Waals surface area contributed by atoms with Gasteiger partial charge in [-0.2, -0.15) is 0 Å². The highest BCUT2D eigenvalue weighted by molar-refractivity contribution is 6.08. The van der Waals surface area contributed by atoms with E-state index in [2.05, 4.69) is 5.32 Å². The Morgan fingerprint density at radius 1 is 1.23 bits per heavy atom. The van der Waals surface area contributed by atoms with Gasteiger partial charge in [0.25, 0.3) is 5.91 Å². The number of ether oxygens (including phenoxy) is 1. The number of nitrogens with one attached hydrogen (secondary N) is 1. The number of hydrogen-bond donors (Lipinski definition) is 2. The van der Waals surface area contributed by atoms with E-state index >= 15 is 0 Å². The van der Waals surface area contributed by atoms with Gasteiger partial charge in [0.15, 0.2) is 5.54 Å². The summed E-state index contributed by atoms with van der Waals surface area (Å²) in [6.07, 6.45) is 1.87. The number of carbonyl (C=O) groups excluding carboxylic acids is 2. The van der Waals surface area contributed by atoms with E-state index in [0.29, 0.717) is 0 Å². The van der Waals surface area contributed by atoms with Gasteiger partial charge in [-0.1, -0.05) is 51.1 Å². The fourth-order valence-corrected chi connectivity index (χ4v) is 2.10. The lowest BCUT2D eigenvalue weighted by Gasteiger charge is -2.37. The van der Waals surface area contributed by atoms with Crippen molar-refractivity contribution in [1.82, 2.24) is 5.32 Å². The molecule has 0 bridgehead atoms. The lowest BCUT2D eigenvalue weighted by molar-refractivity contribution is -0.161. The summed E-state index contributed by atoms with van der Waals surface area (Å²) in [6.45, 7) is 5.40. The van der Waals surface area contributed by atoms with E-state index in [4.69, 9.17) is 10.5 Å². The highest BCUT2D eigenvalue weighted by Gasteiger charge is 2.54. The maximum atomic E-state index is 12.5. The smallest absolute Gasteiger partial charge is 0.336 e. The Bertz CT molecular complexity index is 547. The monoisotopic (exact) mass is 304 g/mol. The minimum Gasteiger partial charge on any atom is -0.459 e. The molecule has 22 heavy (non-hydrogen) atoms. The topological polar surface area (TPSA) is 81.4 Å². The average molecular weight is 304 g/mol. The van der Waals surface area contributed by atoms with Crippen LogP contribution in [0, 0.1) is 5.41 Å². The number of hydrogen-bond acceptors (Lipinski definition) is 4. The molecule has 5 nitrogen and oxygen atoms in total. The van der Waals surface area contributed by atoms with Gasteiger partial charge in [0.2, 0.25) is 0 Å². The van der Waals surface area contributed by atoms with Gasteiger partial charge in [-0.3, -0.25) is 4.79 Å². The number of carbonyl (C=O) groups is 2. The number of benzene rings is 1. The van der Waals surface area contributed by atoms with Gasteiger partial charge in [0, 0.05) is 6.04 Å². The molecule has 0 saturated heterocycles. The van der Waals surface area contributed by atoms with E-state index in [-0.39, 0.29) is 12.6 Å². The molecule has 120 valence electrons. The summed E-state index contributed by atoms with van der Waals surface area (Å²) >= 11 is 0. The van der Waals surface area contributed by atoms with Gasteiger partial charge in [-0.15, -0.1) is 0 Å². The standard InChI is InChI=1S/C17H24N2O3/c1-16(2,3)17(18,14(20)19-13-9-10-13)15(21)22-11-12-7-5-4-6-8-12/h4-8,13H,9-11,18H2,1-3H3,(H,19,20)/t17-/m0/s1. The summed E-state index contributed by atoms with van der Waals surface area (Å²) in [5.74, 6) is -1.15. The van der Waals surface area contributed by atoms with E-state index in [0.717, 1.165) is 18.4 Å². The first-order chi connectivity index (χ1) is 10.2. The molecule has 0 unspecified atom stereocenters. The van der Waals surface area contributed by atoms with Crippen molar-refractivity contribution in [3.05, 3.63) is 35.9 Å². The van der Waals surface area contributed by atoms with E-state index in [1.165, 1.54) is 0 Å². The van der Waals surface area contributed by atoms with Gasteiger partial charge in [0.05, 0.1) is 0 Å². The summed E-state index contributed by atoms with van der Waals surface area (Å²) in [4.78, 5) is 25.0. The van der Waals surface area contributed by atoms with Crippen molar-refractivity contribution in [1.29, 1.82) is 0 Å². The van der Waals surface area contributed by atoms with Crippen LogP contribution in [-0.2, 0) is 20.9 Å². The number of nitrogens with two attached hydrogens (primary N) is 1. The van der Waals surface area contributed by atoms with Crippen molar-refractivity contribution in [3.8, 4) is 0 Å². The van der Waals surface area contributed by atoms with E-state index in [1.54, 1.807) is 20.8 Å². The Morgan fingerprint density at radius 3 is 2.32 bits per heavy atom. The van der Waals surface area contributed by atoms with Crippen LogP contribution < -0.4 is 11.1 Å². The molecule has 3 N–H and O–H groups in total. The maximum absolute atomic E-state index is 12.5. The van der Waals surface area contributed by atoms with Crippen molar-refractivity contribution in [2.45, 2.75) is 51.8 Å². The van der Waals surface area contributed by atoms with Crippen molar-refractivity contribution >= 4 is 11.9 Å². The molecule has 1 atom stereocenters. The lowest BCUT2D eigenvalue weighted by Crippen LogP contribution is -2.67. The summed E-state index contributed by atoms with van der Waals surface area (Å²) in [6, 6.07) is 9.46. The SMILES string of the molecule is CC(C)(C)[C@](N)(C(=O)NC1CC1)C(=O)OCc1ccccc1. The number of esters is 1. The lowest BCUT2D eigenvalue weighted by atomic mass is 9.73. The summed E-state index contributed by atoms with van der Waals surface area (Å²) in [7, 11) is 0. The molecule has 1 aliphatic rings. The molecule has 0 aromatic heterocycles. The van der Waals surface area contributed by atoms with E-state index in [9.17, 15) is 9.59 Å². The van der Waals surface area contributed by atoms with Crippen LogP contribution in [-0.4, -0.2) is 23.5 Å². The largest absolute Gasteiger partial charge is 0.459 e. The summed E-state index contributed by atoms with van der Waals surface area (Å²) in [5.41, 5.74) is 4.62. The second-order valence-corrected chi connectivity index (χ2v) is 6.87. The van der Waals surface area contributed by atoms with Gasteiger partial charge >= 0.3 is 5.97 Å². The van der Waals surface area contributed by atoms with Crippen LogP contribution in [0.2, 0.25) is 0 Å². The third kappa shape index (κ3) is 3.47. The van der Waals surface area contributed by atoms with Crippen LogP contribution >= 0.6 is 0 Å². The highest BCUT2D eigenvalue weighted by Crippen LogP contribution is 2.31. The summed E-state index contributed by atoms with van der Waals surface area (Å²) < 4.78 is 5.32. The number of rotatable bonds is 5. The van der Waals surface area contributed by atoms with Crippen molar-refractivity contribution in [2.24, 2.45) is 11.1 Å². The molecule has 0 spiro atoms. The quantitative estimate of drug-likeness (QED) is 0.641. The molecule has 0 heterocycles. The van der Waals surface area contributed by atoms with Crippen LogP contribution in [0.15, 0.2) is 30.3 Å². The molecule has 0 aliphatic heterocycles. The zero-order valence-corrected chi connectivity index (χ0v) is 13.4. The fourth-order valence-electron chi connectivity index (χ4n) is 2.10. The minimum absolute atomic E-state index is 0.103. The van der Waals surface area contributed by atoms with E-state index < -0.39 is 22.8 Å². The normalized spacial score (nSPS) is 17.5. The van der Waals surface area contributed by atoms with Crippen LogP contribution in [0.5, 0.6) is 0 Å². The molecule has 1 fully saturated rings. The van der Waals surface area contributed by atoms with Gasteiger partial charge in [-0.25, -0.2) is 4.79 Å². The van der Waals surface area contributed by atoms with Crippen LogP contribution in [0.1, 0.15) is 39.2 Å². The Morgan fingerprint density at radius 2 is 1.82 bits per heavy atom. The third-order valence-electron chi connectivity index (χ3n) is 3.99. The molecular weight excluding hydrogens is 280 g/mol. The zero-order chi connectivity index (χ0) is 16.4. The molecule has 0 radical (unpaired) electrons. The first-order valence-corrected chi connectivity index (χ1v) is 7.56. The van der Waals surface area contributed by atoms with Gasteiger partial charge < -0.3 is 15.8 Å². The van der Waals surface area contributed by atoms with Crippen molar-refractivity contribution < 1.29 is 14.3 Å². The molecule has 1 aromatic rings. The average Bonchev–Trinajstić information content (AvgIpc) is 3.27. The molecule has 2 rings (SSSR count). The highest BCUT2D eigenvalue weighted by atomic mass is 16.5. The molecule has 5 heteroatoms. The van der Waals surface area contributed by atoms with Crippen LogP contribution in [0.3, 0.4) is 0 Å². The second kappa shape index (κ2) is 6.08. The van der Waals surface area contributed by atoms with E-state index in [1.807, 2.05) is 30.3 Å². The summed E-state index contributed by atoms with van der Waals surface area (Å²) in [5, 5.41) is 2.82. The molecule has 1 aromatic carbocycles. The van der Waals surface area contributed by atoms with Crippen molar-refractivity contribution in [3.63, 3.8) is 0 Å². The van der Waals surface area contributed by atoms with Gasteiger partial charge in [-0.05, 0) is 23.8 Å². The maximum Gasteiger partial charge on any atom is 0.336 e. The van der Waals surface area contributed by atoms with Crippen LogP contribution in [0.4, 0.5) is 0 Å². The fraction of sp³-hybridized carbons (Fsp3) is 0.529. The molecule has 1 aliphatic carbocycles.